The summed E-state index contributed by atoms with van der Waals surface area (Å²) < 4.78 is 0. The largest absolute Gasteiger partial charge is 0.481 e. The minimum absolute atomic E-state index is 0.116. The highest BCUT2D eigenvalue weighted by Crippen LogP contribution is 2.33. The highest BCUT2D eigenvalue weighted by Gasteiger charge is 2.35. The molecule has 0 aliphatic heterocycles. The van der Waals surface area contributed by atoms with Gasteiger partial charge in [0.25, 0.3) is 0 Å². The number of carbonyl (C=O) groups excluding carboxylic acids is 1. The molecule has 0 spiro atoms. The van der Waals surface area contributed by atoms with E-state index >= 15 is 0 Å². The SMILES string of the molecule is CC(=O)C(C(=O)O)C1CCC1. The van der Waals surface area contributed by atoms with Crippen LogP contribution in [0.4, 0.5) is 0 Å². The molecule has 1 atom stereocenters. The maximum Gasteiger partial charge on any atom is 0.314 e. The van der Waals surface area contributed by atoms with Gasteiger partial charge in [-0.1, -0.05) is 6.42 Å². The molecule has 0 saturated heterocycles. The first-order valence-corrected chi connectivity index (χ1v) is 3.86. The van der Waals surface area contributed by atoms with Gasteiger partial charge in [-0.05, 0) is 25.7 Å². The van der Waals surface area contributed by atoms with Crippen LogP contribution in [0.3, 0.4) is 0 Å². The summed E-state index contributed by atoms with van der Waals surface area (Å²) in [5, 5.41) is 8.66. The van der Waals surface area contributed by atoms with Gasteiger partial charge in [0, 0.05) is 0 Å². The van der Waals surface area contributed by atoms with Crippen molar-refractivity contribution in [3.63, 3.8) is 0 Å². The van der Waals surface area contributed by atoms with Crippen molar-refractivity contribution >= 4 is 11.8 Å². The van der Waals surface area contributed by atoms with Crippen molar-refractivity contribution in [2.24, 2.45) is 11.8 Å². The van der Waals surface area contributed by atoms with Gasteiger partial charge in [0.05, 0.1) is 0 Å². The van der Waals surface area contributed by atoms with E-state index in [1.165, 1.54) is 6.92 Å². The summed E-state index contributed by atoms with van der Waals surface area (Å²) in [6.07, 6.45) is 2.87. The van der Waals surface area contributed by atoms with Crippen LogP contribution < -0.4 is 0 Å². The van der Waals surface area contributed by atoms with Crippen molar-refractivity contribution in [2.75, 3.05) is 0 Å². The molecule has 0 amide bonds. The lowest BCUT2D eigenvalue weighted by Crippen LogP contribution is -2.33. The molecule has 62 valence electrons. The number of ketones is 1. The topological polar surface area (TPSA) is 54.4 Å². The smallest absolute Gasteiger partial charge is 0.314 e. The quantitative estimate of drug-likeness (QED) is 0.622. The Labute approximate surface area is 65.4 Å². The van der Waals surface area contributed by atoms with Gasteiger partial charge in [0.15, 0.2) is 0 Å². The standard InChI is InChI=1S/C8H12O3/c1-5(9)7(8(10)11)6-3-2-4-6/h6-7H,2-4H2,1H3,(H,10,11). The molecule has 3 heteroatoms. The van der Waals surface area contributed by atoms with E-state index in [0.29, 0.717) is 0 Å². The maximum absolute atomic E-state index is 10.8. The Balaban J connectivity index is 2.58. The first-order chi connectivity index (χ1) is 5.13. The normalized spacial score (nSPS) is 20.5. The van der Waals surface area contributed by atoms with Gasteiger partial charge in [-0.3, -0.25) is 9.59 Å². The fourth-order valence-corrected chi connectivity index (χ4v) is 1.48. The molecule has 0 aromatic carbocycles. The third-order valence-electron chi connectivity index (χ3n) is 2.33. The molecular formula is C8H12O3. The predicted octanol–water partition coefficient (Wildman–Crippen LogP) is 1.08. The Morgan fingerprint density at radius 3 is 2.09 bits per heavy atom. The molecular weight excluding hydrogens is 144 g/mol. The van der Waals surface area contributed by atoms with Crippen LogP contribution in [0.2, 0.25) is 0 Å². The number of rotatable bonds is 3. The summed E-state index contributed by atoms with van der Waals surface area (Å²) >= 11 is 0. The minimum Gasteiger partial charge on any atom is -0.481 e. The van der Waals surface area contributed by atoms with Gasteiger partial charge in [-0.25, -0.2) is 0 Å². The van der Waals surface area contributed by atoms with Crippen LogP contribution in [0.1, 0.15) is 26.2 Å². The molecule has 11 heavy (non-hydrogen) atoms. The minimum atomic E-state index is -0.956. The van der Waals surface area contributed by atoms with Crippen molar-refractivity contribution in [3.05, 3.63) is 0 Å². The molecule has 1 aliphatic rings. The van der Waals surface area contributed by atoms with Gasteiger partial charge < -0.3 is 5.11 Å². The molecule has 0 aromatic rings. The Morgan fingerprint density at radius 2 is 2.00 bits per heavy atom. The summed E-state index contributed by atoms with van der Waals surface area (Å²) in [6.45, 7) is 1.36. The molecule has 0 bridgehead atoms. The Hall–Kier alpha value is -0.860. The van der Waals surface area contributed by atoms with Crippen LogP contribution in [-0.2, 0) is 9.59 Å². The number of aliphatic carboxylic acids is 1. The first-order valence-electron chi connectivity index (χ1n) is 3.86. The Kier molecular flexibility index (Phi) is 2.27. The third kappa shape index (κ3) is 1.59. The maximum atomic E-state index is 10.8. The summed E-state index contributed by atoms with van der Waals surface area (Å²) in [4.78, 5) is 21.4. The summed E-state index contributed by atoms with van der Waals surface area (Å²) in [5.41, 5.74) is 0. The average Bonchev–Trinajstić information content (AvgIpc) is 1.75. The van der Waals surface area contributed by atoms with Crippen LogP contribution in [0, 0.1) is 11.8 Å². The van der Waals surface area contributed by atoms with Crippen LogP contribution in [0.5, 0.6) is 0 Å². The monoisotopic (exact) mass is 156 g/mol. The lowest BCUT2D eigenvalue weighted by molar-refractivity contribution is -0.149. The number of carboxylic acid groups (broad SMARTS) is 1. The Bertz CT molecular complexity index is 168. The lowest BCUT2D eigenvalue weighted by Gasteiger charge is -2.29. The first kappa shape index (κ1) is 8.24. The van der Waals surface area contributed by atoms with Gasteiger partial charge in [0.1, 0.15) is 11.7 Å². The van der Waals surface area contributed by atoms with E-state index in [4.69, 9.17) is 5.11 Å². The molecule has 0 heterocycles. The molecule has 1 aliphatic carbocycles. The molecule has 1 rings (SSSR count). The molecule has 1 fully saturated rings. The molecule has 3 nitrogen and oxygen atoms in total. The Morgan fingerprint density at radius 1 is 1.45 bits per heavy atom. The number of carboxylic acids is 1. The van der Waals surface area contributed by atoms with E-state index in [-0.39, 0.29) is 11.7 Å². The zero-order valence-electron chi connectivity index (χ0n) is 6.54. The molecule has 1 unspecified atom stereocenters. The van der Waals surface area contributed by atoms with Gasteiger partial charge in [0.2, 0.25) is 0 Å². The van der Waals surface area contributed by atoms with E-state index in [1.807, 2.05) is 0 Å². The summed E-state index contributed by atoms with van der Waals surface area (Å²) in [7, 11) is 0. The van der Waals surface area contributed by atoms with Crippen molar-refractivity contribution in [1.82, 2.24) is 0 Å². The second-order valence-corrected chi connectivity index (χ2v) is 3.12. The van der Waals surface area contributed by atoms with Gasteiger partial charge in [-0.15, -0.1) is 0 Å². The van der Waals surface area contributed by atoms with Crippen LogP contribution >= 0.6 is 0 Å². The molecule has 1 N–H and O–H groups in total. The number of Topliss-reactive ketones (excluding diaryl/α,β-unsaturated/α-hetero) is 1. The fourth-order valence-electron chi connectivity index (χ4n) is 1.48. The van der Waals surface area contributed by atoms with Gasteiger partial charge >= 0.3 is 5.97 Å². The van der Waals surface area contributed by atoms with Crippen molar-refractivity contribution < 1.29 is 14.7 Å². The van der Waals surface area contributed by atoms with E-state index in [2.05, 4.69) is 0 Å². The number of carbonyl (C=O) groups is 2. The zero-order chi connectivity index (χ0) is 8.43. The van der Waals surface area contributed by atoms with E-state index in [1.54, 1.807) is 0 Å². The van der Waals surface area contributed by atoms with Crippen molar-refractivity contribution in [3.8, 4) is 0 Å². The van der Waals surface area contributed by atoms with Crippen LogP contribution in [-0.4, -0.2) is 16.9 Å². The van der Waals surface area contributed by atoms with Crippen LogP contribution in [0.15, 0.2) is 0 Å². The highest BCUT2D eigenvalue weighted by atomic mass is 16.4. The number of hydrogen-bond acceptors (Lipinski definition) is 2. The van der Waals surface area contributed by atoms with Crippen LogP contribution in [0.25, 0.3) is 0 Å². The zero-order valence-corrected chi connectivity index (χ0v) is 6.54. The highest BCUT2D eigenvalue weighted by molar-refractivity contribution is 5.97. The molecule has 0 radical (unpaired) electrons. The predicted molar refractivity (Wildman–Crippen MR) is 39.1 cm³/mol. The van der Waals surface area contributed by atoms with Crippen molar-refractivity contribution in [1.29, 1.82) is 0 Å². The van der Waals surface area contributed by atoms with Gasteiger partial charge in [-0.2, -0.15) is 0 Å². The van der Waals surface area contributed by atoms with Crippen molar-refractivity contribution in [2.45, 2.75) is 26.2 Å². The average molecular weight is 156 g/mol. The number of hydrogen-bond donors (Lipinski definition) is 1. The second kappa shape index (κ2) is 3.03. The second-order valence-electron chi connectivity index (χ2n) is 3.12. The molecule has 0 aromatic heterocycles. The molecule has 1 saturated carbocycles. The summed E-state index contributed by atoms with van der Waals surface area (Å²) in [6, 6.07) is 0. The van der Waals surface area contributed by atoms with E-state index in [0.717, 1.165) is 19.3 Å². The fraction of sp³-hybridized carbons (Fsp3) is 0.750. The lowest BCUT2D eigenvalue weighted by atomic mass is 9.74. The van der Waals surface area contributed by atoms with E-state index in [9.17, 15) is 9.59 Å². The third-order valence-corrected chi connectivity index (χ3v) is 2.33. The van der Waals surface area contributed by atoms with E-state index < -0.39 is 11.9 Å². The summed E-state index contributed by atoms with van der Waals surface area (Å²) in [5.74, 6) is -1.78.